The lowest BCUT2D eigenvalue weighted by molar-refractivity contribution is 0.480. The number of benzene rings is 1. The van der Waals surface area contributed by atoms with Crippen molar-refractivity contribution in [2.45, 2.75) is 0 Å². The zero-order valence-electron chi connectivity index (χ0n) is 8.81. The van der Waals surface area contributed by atoms with Gasteiger partial charge in [0.25, 0.3) is 0 Å². The predicted octanol–water partition coefficient (Wildman–Crippen LogP) is 1.41. The Morgan fingerprint density at radius 1 is 1.31 bits per heavy atom. The maximum atomic E-state index is 9.70. The number of fused-ring (bicyclic) bond motifs is 1. The largest absolute Gasteiger partial charge is 0.506 e. The highest BCUT2D eigenvalue weighted by Crippen LogP contribution is 2.33. The van der Waals surface area contributed by atoms with Gasteiger partial charge in [0.2, 0.25) is 0 Å². The van der Waals surface area contributed by atoms with Gasteiger partial charge < -0.3 is 15.3 Å². The van der Waals surface area contributed by atoms with Gasteiger partial charge in [0.1, 0.15) is 11.3 Å². The molecular weight excluding hydrogens is 222 g/mol. The Kier molecular flexibility index (Phi) is 2.41. The number of thiazole rings is 1. The molecule has 0 atom stereocenters. The Morgan fingerprint density at radius 2 is 2.12 bits per heavy atom. The fourth-order valence-corrected chi connectivity index (χ4v) is 2.95. The van der Waals surface area contributed by atoms with E-state index in [9.17, 15) is 5.11 Å². The van der Waals surface area contributed by atoms with Gasteiger partial charge in [0, 0.05) is 26.2 Å². The minimum absolute atomic E-state index is 0.273. The predicted molar refractivity (Wildman–Crippen MR) is 66.4 cm³/mol. The Labute approximate surface area is 97.5 Å². The van der Waals surface area contributed by atoms with E-state index in [4.69, 9.17) is 0 Å². The molecule has 84 valence electrons. The van der Waals surface area contributed by atoms with Crippen molar-refractivity contribution in [2.75, 3.05) is 31.1 Å². The molecule has 1 saturated heterocycles. The maximum absolute atomic E-state index is 9.70. The fraction of sp³-hybridized carbons (Fsp3) is 0.364. The van der Waals surface area contributed by atoms with Gasteiger partial charge in [-0.2, -0.15) is 0 Å². The molecule has 0 saturated carbocycles. The first kappa shape index (κ1) is 9.86. The molecule has 0 unspecified atom stereocenters. The van der Waals surface area contributed by atoms with E-state index in [1.165, 1.54) is 0 Å². The number of aromatic nitrogens is 1. The standard InChI is InChI=1S/C11H13N3OS/c15-8-2-1-3-9-10(8)13-11(16-9)14-6-4-12-5-7-14/h1-3,12,15H,4-7H2. The molecule has 1 aliphatic rings. The molecule has 2 aromatic rings. The average Bonchev–Trinajstić information content (AvgIpc) is 2.76. The monoisotopic (exact) mass is 235 g/mol. The molecule has 0 spiro atoms. The Hall–Kier alpha value is -1.33. The van der Waals surface area contributed by atoms with Gasteiger partial charge in [0.05, 0.1) is 4.70 Å². The zero-order valence-corrected chi connectivity index (χ0v) is 9.63. The number of hydrogen-bond donors (Lipinski definition) is 2. The molecule has 1 aliphatic heterocycles. The summed E-state index contributed by atoms with van der Waals surface area (Å²) in [6, 6.07) is 5.54. The molecule has 3 rings (SSSR count). The van der Waals surface area contributed by atoms with Gasteiger partial charge in [0.15, 0.2) is 5.13 Å². The van der Waals surface area contributed by atoms with Crippen LogP contribution in [0, 0.1) is 0 Å². The van der Waals surface area contributed by atoms with Crippen LogP contribution in [0.15, 0.2) is 18.2 Å². The van der Waals surface area contributed by atoms with Crippen LogP contribution in [-0.4, -0.2) is 36.3 Å². The van der Waals surface area contributed by atoms with Gasteiger partial charge >= 0.3 is 0 Å². The number of nitrogens with one attached hydrogen (secondary N) is 1. The molecule has 4 nitrogen and oxygen atoms in total. The molecule has 5 heteroatoms. The molecule has 1 aromatic heterocycles. The Balaban J connectivity index is 2.01. The van der Waals surface area contributed by atoms with Crippen molar-refractivity contribution in [2.24, 2.45) is 0 Å². The third kappa shape index (κ3) is 1.62. The second-order valence-electron chi connectivity index (χ2n) is 3.86. The summed E-state index contributed by atoms with van der Waals surface area (Å²) >= 11 is 1.64. The lowest BCUT2D eigenvalue weighted by Crippen LogP contribution is -2.43. The van der Waals surface area contributed by atoms with Crippen molar-refractivity contribution in [1.29, 1.82) is 0 Å². The Morgan fingerprint density at radius 3 is 2.88 bits per heavy atom. The lowest BCUT2D eigenvalue weighted by Gasteiger charge is -2.26. The number of hydrogen-bond acceptors (Lipinski definition) is 5. The molecule has 1 aromatic carbocycles. The number of anilines is 1. The number of nitrogens with zero attached hydrogens (tertiary/aromatic N) is 2. The molecular formula is C11H13N3OS. The third-order valence-electron chi connectivity index (χ3n) is 2.77. The van der Waals surface area contributed by atoms with Crippen LogP contribution in [0.3, 0.4) is 0 Å². The minimum Gasteiger partial charge on any atom is -0.506 e. The summed E-state index contributed by atoms with van der Waals surface area (Å²) < 4.78 is 1.05. The van der Waals surface area contributed by atoms with Crippen molar-refractivity contribution >= 4 is 26.7 Å². The number of aromatic hydroxyl groups is 1. The second-order valence-corrected chi connectivity index (χ2v) is 4.87. The van der Waals surface area contributed by atoms with Gasteiger partial charge in [-0.1, -0.05) is 17.4 Å². The summed E-state index contributed by atoms with van der Waals surface area (Å²) in [4.78, 5) is 6.77. The van der Waals surface area contributed by atoms with Crippen molar-refractivity contribution in [3.05, 3.63) is 18.2 Å². The highest BCUT2D eigenvalue weighted by atomic mass is 32.1. The summed E-state index contributed by atoms with van der Waals surface area (Å²) in [5, 5.41) is 14.0. The van der Waals surface area contributed by atoms with Crippen LogP contribution in [0.1, 0.15) is 0 Å². The summed E-state index contributed by atoms with van der Waals surface area (Å²) in [5.74, 6) is 0.273. The number of phenols is 1. The van der Waals surface area contributed by atoms with Gasteiger partial charge in [-0.05, 0) is 12.1 Å². The summed E-state index contributed by atoms with van der Waals surface area (Å²) in [6.07, 6.45) is 0. The molecule has 16 heavy (non-hydrogen) atoms. The maximum Gasteiger partial charge on any atom is 0.186 e. The van der Waals surface area contributed by atoms with Crippen molar-refractivity contribution in [3.63, 3.8) is 0 Å². The summed E-state index contributed by atoms with van der Waals surface area (Å²) in [5.41, 5.74) is 0.723. The lowest BCUT2D eigenvalue weighted by atomic mass is 10.3. The second kappa shape index (κ2) is 3.92. The van der Waals surface area contributed by atoms with Crippen molar-refractivity contribution in [1.82, 2.24) is 10.3 Å². The molecule has 0 bridgehead atoms. The third-order valence-corrected chi connectivity index (χ3v) is 3.86. The van der Waals surface area contributed by atoms with Crippen LogP contribution in [0.5, 0.6) is 5.75 Å². The van der Waals surface area contributed by atoms with Crippen LogP contribution in [-0.2, 0) is 0 Å². The number of rotatable bonds is 1. The first-order chi connectivity index (χ1) is 7.84. The van der Waals surface area contributed by atoms with E-state index in [-0.39, 0.29) is 5.75 Å². The SMILES string of the molecule is Oc1cccc2sc(N3CCNCC3)nc12. The van der Waals surface area contributed by atoms with Crippen molar-refractivity contribution in [3.8, 4) is 5.75 Å². The van der Waals surface area contributed by atoms with E-state index in [1.54, 1.807) is 17.4 Å². The first-order valence-corrected chi connectivity index (χ1v) is 6.20. The molecule has 0 radical (unpaired) electrons. The van der Waals surface area contributed by atoms with E-state index in [1.807, 2.05) is 12.1 Å². The van der Waals surface area contributed by atoms with Crippen LogP contribution in [0.4, 0.5) is 5.13 Å². The number of piperazine rings is 1. The molecule has 2 N–H and O–H groups in total. The topological polar surface area (TPSA) is 48.4 Å². The van der Waals surface area contributed by atoms with E-state index in [0.717, 1.165) is 41.5 Å². The minimum atomic E-state index is 0.273. The van der Waals surface area contributed by atoms with E-state index in [2.05, 4.69) is 15.2 Å². The van der Waals surface area contributed by atoms with E-state index >= 15 is 0 Å². The molecule has 0 amide bonds. The molecule has 1 fully saturated rings. The first-order valence-electron chi connectivity index (χ1n) is 5.39. The number of phenolic OH excluding ortho intramolecular Hbond substituents is 1. The summed E-state index contributed by atoms with van der Waals surface area (Å²) in [7, 11) is 0. The fourth-order valence-electron chi connectivity index (χ4n) is 1.91. The van der Waals surface area contributed by atoms with E-state index < -0.39 is 0 Å². The average molecular weight is 235 g/mol. The zero-order chi connectivity index (χ0) is 11.0. The summed E-state index contributed by atoms with van der Waals surface area (Å²) in [6.45, 7) is 3.98. The van der Waals surface area contributed by atoms with Crippen LogP contribution in [0.25, 0.3) is 10.2 Å². The van der Waals surface area contributed by atoms with E-state index in [0.29, 0.717) is 0 Å². The highest BCUT2D eigenvalue weighted by Gasteiger charge is 2.15. The Bertz CT molecular complexity index is 505. The van der Waals surface area contributed by atoms with Crippen LogP contribution in [0.2, 0.25) is 0 Å². The quantitative estimate of drug-likeness (QED) is 0.784. The number of para-hydroxylation sites is 1. The highest BCUT2D eigenvalue weighted by molar-refractivity contribution is 7.22. The van der Waals surface area contributed by atoms with Gasteiger partial charge in [-0.15, -0.1) is 0 Å². The van der Waals surface area contributed by atoms with Crippen LogP contribution >= 0.6 is 11.3 Å². The normalized spacial score (nSPS) is 16.9. The molecule has 2 heterocycles. The van der Waals surface area contributed by atoms with Gasteiger partial charge in [-0.25, -0.2) is 4.98 Å². The van der Waals surface area contributed by atoms with Gasteiger partial charge in [-0.3, -0.25) is 0 Å². The van der Waals surface area contributed by atoms with Crippen LogP contribution < -0.4 is 10.2 Å². The van der Waals surface area contributed by atoms with Crippen molar-refractivity contribution < 1.29 is 5.11 Å². The molecule has 0 aliphatic carbocycles. The smallest absolute Gasteiger partial charge is 0.186 e.